The molecule has 28 heavy (non-hydrogen) atoms. The lowest BCUT2D eigenvalue weighted by Gasteiger charge is -2.28. The van der Waals surface area contributed by atoms with Gasteiger partial charge in [0.05, 0.1) is 28.5 Å². The molecule has 0 radical (unpaired) electrons. The maximum Gasteiger partial charge on any atom is 0.251 e. The SMILES string of the molecule is Cc1nc2ccc(C(=O)NC[C@@H](c3ccccc3)N3CCCC3)cc2nc1C. The van der Waals surface area contributed by atoms with Gasteiger partial charge in [-0.05, 0) is 63.5 Å². The molecule has 1 aliphatic rings. The zero-order valence-corrected chi connectivity index (χ0v) is 16.5. The van der Waals surface area contributed by atoms with Gasteiger partial charge >= 0.3 is 0 Å². The van der Waals surface area contributed by atoms with Gasteiger partial charge in [0, 0.05) is 12.1 Å². The fraction of sp³-hybridized carbons (Fsp3) is 0.348. The number of fused-ring (bicyclic) bond motifs is 1. The first kappa shape index (κ1) is 18.6. The molecule has 1 fully saturated rings. The minimum absolute atomic E-state index is 0.0675. The first-order chi connectivity index (χ1) is 13.6. The van der Waals surface area contributed by atoms with Crippen LogP contribution in [0.3, 0.4) is 0 Å². The minimum Gasteiger partial charge on any atom is -0.350 e. The van der Waals surface area contributed by atoms with Gasteiger partial charge in [0.15, 0.2) is 0 Å². The number of hydrogen-bond acceptors (Lipinski definition) is 4. The molecule has 0 aliphatic carbocycles. The molecule has 1 N–H and O–H groups in total. The molecule has 0 spiro atoms. The van der Waals surface area contributed by atoms with E-state index in [-0.39, 0.29) is 11.9 Å². The van der Waals surface area contributed by atoms with E-state index in [2.05, 4.69) is 44.5 Å². The summed E-state index contributed by atoms with van der Waals surface area (Å²) in [6, 6.07) is 16.2. The molecule has 1 atom stereocenters. The quantitative estimate of drug-likeness (QED) is 0.738. The van der Waals surface area contributed by atoms with Gasteiger partial charge in [-0.1, -0.05) is 30.3 Å². The zero-order chi connectivity index (χ0) is 19.5. The number of rotatable bonds is 5. The second-order valence-corrected chi connectivity index (χ2v) is 7.48. The minimum atomic E-state index is -0.0675. The van der Waals surface area contributed by atoms with Crippen molar-refractivity contribution in [2.45, 2.75) is 32.7 Å². The van der Waals surface area contributed by atoms with Crippen molar-refractivity contribution in [2.75, 3.05) is 19.6 Å². The molecule has 0 bridgehead atoms. The summed E-state index contributed by atoms with van der Waals surface area (Å²) in [6.45, 7) is 6.65. The summed E-state index contributed by atoms with van der Waals surface area (Å²) in [6.07, 6.45) is 2.44. The van der Waals surface area contributed by atoms with E-state index < -0.39 is 0 Å². The normalized spacial score (nSPS) is 15.6. The van der Waals surface area contributed by atoms with Crippen LogP contribution in [0.5, 0.6) is 0 Å². The van der Waals surface area contributed by atoms with Crippen molar-refractivity contribution in [1.29, 1.82) is 0 Å². The molecule has 5 heteroatoms. The van der Waals surface area contributed by atoms with Crippen LogP contribution in [-0.4, -0.2) is 40.4 Å². The van der Waals surface area contributed by atoms with Gasteiger partial charge in [-0.25, -0.2) is 9.97 Å². The number of benzene rings is 2. The first-order valence-electron chi connectivity index (χ1n) is 9.94. The average molecular weight is 374 g/mol. The van der Waals surface area contributed by atoms with Gasteiger partial charge in [-0.2, -0.15) is 0 Å². The molecular formula is C23H26N4O. The molecule has 0 saturated carbocycles. The molecule has 0 unspecified atom stereocenters. The van der Waals surface area contributed by atoms with Crippen LogP contribution >= 0.6 is 0 Å². The third kappa shape index (κ3) is 3.90. The van der Waals surface area contributed by atoms with E-state index in [1.165, 1.54) is 18.4 Å². The highest BCUT2D eigenvalue weighted by molar-refractivity contribution is 5.97. The summed E-state index contributed by atoms with van der Waals surface area (Å²) >= 11 is 0. The van der Waals surface area contributed by atoms with Gasteiger partial charge in [0.25, 0.3) is 5.91 Å². The maximum atomic E-state index is 12.8. The number of nitrogens with zero attached hydrogens (tertiary/aromatic N) is 3. The van der Waals surface area contributed by atoms with Gasteiger partial charge < -0.3 is 5.32 Å². The molecule has 1 aromatic heterocycles. The van der Waals surface area contributed by atoms with E-state index in [0.29, 0.717) is 12.1 Å². The van der Waals surface area contributed by atoms with Gasteiger partial charge in [-0.3, -0.25) is 9.69 Å². The summed E-state index contributed by atoms with van der Waals surface area (Å²) < 4.78 is 0. The predicted molar refractivity (Wildman–Crippen MR) is 111 cm³/mol. The average Bonchev–Trinajstić information content (AvgIpc) is 3.24. The summed E-state index contributed by atoms with van der Waals surface area (Å²) in [5, 5.41) is 3.14. The molecule has 2 aromatic carbocycles. The Labute approximate surface area is 165 Å². The largest absolute Gasteiger partial charge is 0.350 e. The Morgan fingerprint density at radius 3 is 2.39 bits per heavy atom. The van der Waals surface area contributed by atoms with Crippen LogP contribution in [0.2, 0.25) is 0 Å². The van der Waals surface area contributed by atoms with Crippen molar-refractivity contribution in [1.82, 2.24) is 20.2 Å². The van der Waals surface area contributed by atoms with Crippen LogP contribution in [0.1, 0.15) is 46.2 Å². The smallest absolute Gasteiger partial charge is 0.251 e. The van der Waals surface area contributed by atoms with Gasteiger partial charge in [0.1, 0.15) is 0 Å². The Kier molecular flexibility index (Phi) is 5.35. The van der Waals surface area contributed by atoms with Crippen molar-refractivity contribution < 1.29 is 4.79 Å². The summed E-state index contributed by atoms with van der Waals surface area (Å²) in [5.74, 6) is -0.0675. The number of carbonyl (C=O) groups is 1. The highest BCUT2D eigenvalue weighted by atomic mass is 16.1. The summed E-state index contributed by atoms with van der Waals surface area (Å²) in [4.78, 5) is 24.4. The lowest BCUT2D eigenvalue weighted by atomic mass is 10.1. The predicted octanol–water partition coefficient (Wildman–Crippen LogP) is 3.81. The molecular weight excluding hydrogens is 348 g/mol. The fourth-order valence-electron chi connectivity index (χ4n) is 3.85. The van der Waals surface area contributed by atoms with E-state index in [4.69, 9.17) is 0 Å². The third-order valence-electron chi connectivity index (χ3n) is 5.56. The van der Waals surface area contributed by atoms with E-state index in [9.17, 15) is 4.79 Å². The number of carbonyl (C=O) groups excluding carboxylic acids is 1. The van der Waals surface area contributed by atoms with Crippen LogP contribution < -0.4 is 5.32 Å². The third-order valence-corrected chi connectivity index (χ3v) is 5.56. The maximum absolute atomic E-state index is 12.8. The van der Waals surface area contributed by atoms with E-state index in [0.717, 1.165) is 35.5 Å². The van der Waals surface area contributed by atoms with Gasteiger partial charge in [-0.15, -0.1) is 0 Å². The zero-order valence-electron chi connectivity index (χ0n) is 16.5. The number of aryl methyl sites for hydroxylation is 2. The number of hydrogen-bond donors (Lipinski definition) is 1. The Bertz CT molecular complexity index is 981. The molecule has 1 saturated heterocycles. The van der Waals surface area contributed by atoms with Crippen molar-refractivity contribution in [3.05, 3.63) is 71.0 Å². The summed E-state index contributed by atoms with van der Waals surface area (Å²) in [7, 11) is 0. The molecule has 1 aliphatic heterocycles. The fourth-order valence-corrected chi connectivity index (χ4v) is 3.85. The van der Waals surface area contributed by atoms with E-state index in [1.807, 2.05) is 38.1 Å². The van der Waals surface area contributed by atoms with Crippen LogP contribution in [-0.2, 0) is 0 Å². The molecule has 5 nitrogen and oxygen atoms in total. The first-order valence-corrected chi connectivity index (χ1v) is 9.94. The van der Waals surface area contributed by atoms with E-state index in [1.54, 1.807) is 0 Å². The topological polar surface area (TPSA) is 58.1 Å². The monoisotopic (exact) mass is 374 g/mol. The van der Waals surface area contributed by atoms with Crippen LogP contribution in [0.4, 0.5) is 0 Å². The molecule has 1 amide bonds. The molecule has 4 rings (SSSR count). The number of nitrogens with one attached hydrogen (secondary N) is 1. The number of aromatic nitrogens is 2. The van der Waals surface area contributed by atoms with Crippen molar-refractivity contribution in [3.8, 4) is 0 Å². The van der Waals surface area contributed by atoms with Crippen molar-refractivity contribution in [2.24, 2.45) is 0 Å². The van der Waals surface area contributed by atoms with E-state index >= 15 is 0 Å². The van der Waals surface area contributed by atoms with Crippen LogP contribution in [0, 0.1) is 13.8 Å². The number of amides is 1. The Morgan fingerprint density at radius 1 is 1.00 bits per heavy atom. The Morgan fingerprint density at radius 2 is 1.68 bits per heavy atom. The second kappa shape index (κ2) is 8.07. The molecule has 2 heterocycles. The lowest BCUT2D eigenvalue weighted by Crippen LogP contribution is -2.36. The molecule has 3 aromatic rings. The highest BCUT2D eigenvalue weighted by Crippen LogP contribution is 2.24. The Balaban J connectivity index is 1.52. The number of likely N-dealkylation sites (tertiary alicyclic amines) is 1. The van der Waals surface area contributed by atoms with Crippen LogP contribution in [0.15, 0.2) is 48.5 Å². The lowest BCUT2D eigenvalue weighted by molar-refractivity contribution is 0.0938. The highest BCUT2D eigenvalue weighted by Gasteiger charge is 2.24. The summed E-state index contributed by atoms with van der Waals surface area (Å²) in [5.41, 5.74) is 5.26. The molecule has 144 valence electrons. The Hall–Kier alpha value is -2.79. The van der Waals surface area contributed by atoms with Crippen molar-refractivity contribution in [3.63, 3.8) is 0 Å². The van der Waals surface area contributed by atoms with Crippen LogP contribution in [0.25, 0.3) is 11.0 Å². The van der Waals surface area contributed by atoms with Gasteiger partial charge in [0.2, 0.25) is 0 Å². The second-order valence-electron chi connectivity index (χ2n) is 7.48. The van der Waals surface area contributed by atoms with Crippen molar-refractivity contribution >= 4 is 16.9 Å². The standard InChI is InChI=1S/C23H26N4O/c1-16-17(2)26-21-14-19(10-11-20(21)25-16)23(28)24-15-22(27-12-6-7-13-27)18-8-4-3-5-9-18/h3-5,8-11,14,22H,6-7,12-13,15H2,1-2H3,(H,24,28)/t22-/m0/s1.